The molecule has 20 heavy (non-hydrogen) atoms. The van der Waals surface area contributed by atoms with E-state index in [1.807, 2.05) is 0 Å². The van der Waals surface area contributed by atoms with Gasteiger partial charge in [-0.25, -0.2) is 9.78 Å². The van der Waals surface area contributed by atoms with Crippen molar-refractivity contribution in [2.75, 3.05) is 0 Å². The van der Waals surface area contributed by atoms with Gasteiger partial charge < -0.3 is 14.3 Å². The number of carboxylic acids is 1. The van der Waals surface area contributed by atoms with E-state index in [1.165, 1.54) is 12.5 Å². The Morgan fingerprint density at radius 2 is 2.30 bits per heavy atom. The van der Waals surface area contributed by atoms with Gasteiger partial charge in [0.25, 0.3) is 5.69 Å². The molecule has 0 fully saturated rings. The molecule has 0 radical (unpaired) electrons. The highest BCUT2D eigenvalue weighted by atomic mass is 16.6. The number of carbonyl (C=O) groups is 1. The van der Waals surface area contributed by atoms with Gasteiger partial charge >= 0.3 is 5.97 Å². The molecule has 2 rings (SSSR count). The average Bonchev–Trinajstić information content (AvgIpc) is 2.81. The van der Waals surface area contributed by atoms with Crippen molar-refractivity contribution >= 4 is 11.7 Å². The van der Waals surface area contributed by atoms with Gasteiger partial charge in [0.15, 0.2) is 6.39 Å². The number of aromatic nitrogens is 1. The van der Waals surface area contributed by atoms with E-state index in [4.69, 9.17) is 14.3 Å². The van der Waals surface area contributed by atoms with E-state index < -0.39 is 22.1 Å². The van der Waals surface area contributed by atoms with Crippen LogP contribution in [0.3, 0.4) is 0 Å². The van der Waals surface area contributed by atoms with E-state index in [2.05, 4.69) is 4.98 Å². The molecule has 2 aromatic rings. The predicted octanol–water partition coefficient (Wildman–Crippen LogP) is 2.17. The minimum absolute atomic E-state index is 0.0825. The quantitative estimate of drug-likeness (QED) is 0.658. The maximum Gasteiger partial charge on any atom is 0.342 e. The van der Waals surface area contributed by atoms with E-state index in [9.17, 15) is 14.9 Å². The van der Waals surface area contributed by atoms with Crippen molar-refractivity contribution < 1.29 is 24.0 Å². The van der Waals surface area contributed by atoms with E-state index >= 15 is 0 Å². The van der Waals surface area contributed by atoms with Crippen LogP contribution in [0.1, 0.15) is 21.8 Å². The molecule has 0 amide bonds. The summed E-state index contributed by atoms with van der Waals surface area (Å²) in [6.45, 7) is 1.80. The lowest BCUT2D eigenvalue weighted by Gasteiger charge is -2.06. The van der Waals surface area contributed by atoms with Gasteiger partial charge in [-0.05, 0) is 13.0 Å². The van der Waals surface area contributed by atoms with Crippen molar-refractivity contribution in [3.63, 3.8) is 0 Å². The molecule has 0 spiro atoms. The molecule has 0 aliphatic rings. The average molecular weight is 278 g/mol. The second-order valence-electron chi connectivity index (χ2n) is 3.89. The topological polar surface area (TPSA) is 116 Å². The highest BCUT2D eigenvalue weighted by molar-refractivity contribution is 5.92. The standard InChI is InChI=1S/C12H10N2O6/c1-7-10(13-6-20-7)5-19-8-2-3-11(14(17)18)9(4-8)12(15)16/h2-4,6H,5H2,1H3,(H,15,16). The third kappa shape index (κ3) is 2.74. The highest BCUT2D eigenvalue weighted by Gasteiger charge is 2.20. The first-order chi connectivity index (χ1) is 9.49. The highest BCUT2D eigenvalue weighted by Crippen LogP contribution is 2.24. The van der Waals surface area contributed by atoms with Crippen LogP contribution in [-0.4, -0.2) is 21.0 Å². The lowest BCUT2D eigenvalue weighted by Crippen LogP contribution is -2.04. The van der Waals surface area contributed by atoms with Crippen LogP contribution in [0.5, 0.6) is 5.75 Å². The largest absolute Gasteiger partial charge is 0.487 e. The predicted molar refractivity (Wildman–Crippen MR) is 65.6 cm³/mol. The van der Waals surface area contributed by atoms with Crippen LogP contribution >= 0.6 is 0 Å². The Balaban J connectivity index is 2.21. The van der Waals surface area contributed by atoms with Gasteiger partial charge in [0, 0.05) is 12.1 Å². The Morgan fingerprint density at radius 1 is 1.55 bits per heavy atom. The smallest absolute Gasteiger partial charge is 0.342 e. The fourth-order valence-corrected chi connectivity index (χ4v) is 1.55. The molecule has 0 aliphatic heterocycles. The zero-order valence-electron chi connectivity index (χ0n) is 10.4. The Bertz CT molecular complexity index is 664. The summed E-state index contributed by atoms with van der Waals surface area (Å²) < 4.78 is 10.3. The van der Waals surface area contributed by atoms with Gasteiger partial charge in [-0.15, -0.1) is 0 Å². The fraction of sp³-hybridized carbons (Fsp3) is 0.167. The molecule has 104 valence electrons. The molecular formula is C12H10N2O6. The second kappa shape index (κ2) is 5.39. The molecule has 1 aromatic carbocycles. The number of ether oxygens (including phenoxy) is 1. The lowest BCUT2D eigenvalue weighted by atomic mass is 10.1. The SMILES string of the molecule is Cc1ocnc1COc1ccc([N+](=O)[O-])c(C(=O)O)c1. The van der Waals surface area contributed by atoms with Gasteiger partial charge in [-0.3, -0.25) is 10.1 Å². The Morgan fingerprint density at radius 3 is 2.85 bits per heavy atom. The first kappa shape index (κ1) is 13.5. The van der Waals surface area contributed by atoms with Crippen molar-refractivity contribution in [3.05, 3.63) is 51.7 Å². The number of nitrogens with zero attached hydrogens (tertiary/aromatic N) is 2. The molecule has 8 heteroatoms. The van der Waals surface area contributed by atoms with E-state index in [0.717, 1.165) is 12.1 Å². The molecule has 1 heterocycles. The number of oxazole rings is 1. The number of benzene rings is 1. The summed E-state index contributed by atoms with van der Waals surface area (Å²) in [4.78, 5) is 24.8. The fourth-order valence-electron chi connectivity index (χ4n) is 1.55. The van der Waals surface area contributed by atoms with E-state index in [0.29, 0.717) is 11.5 Å². The van der Waals surface area contributed by atoms with Crippen molar-refractivity contribution in [1.29, 1.82) is 0 Å². The molecule has 8 nitrogen and oxygen atoms in total. The molecule has 0 aliphatic carbocycles. The first-order valence-electron chi connectivity index (χ1n) is 5.52. The second-order valence-corrected chi connectivity index (χ2v) is 3.89. The zero-order chi connectivity index (χ0) is 14.7. The van der Waals surface area contributed by atoms with Gasteiger partial charge in [-0.1, -0.05) is 0 Å². The summed E-state index contributed by atoms with van der Waals surface area (Å²) in [6, 6.07) is 3.53. The number of hydrogen-bond donors (Lipinski definition) is 1. The van der Waals surface area contributed by atoms with Crippen LogP contribution in [0.15, 0.2) is 29.0 Å². The number of aromatic carboxylic acids is 1. The maximum atomic E-state index is 11.0. The summed E-state index contributed by atoms with van der Waals surface area (Å²) in [5.41, 5.74) is -0.341. The van der Waals surface area contributed by atoms with Crippen molar-refractivity contribution in [1.82, 2.24) is 4.98 Å². The zero-order valence-corrected chi connectivity index (χ0v) is 10.4. The molecule has 0 unspecified atom stereocenters. The monoisotopic (exact) mass is 278 g/mol. The van der Waals surface area contributed by atoms with E-state index in [1.54, 1.807) is 6.92 Å². The van der Waals surface area contributed by atoms with Crippen LogP contribution in [0, 0.1) is 17.0 Å². The maximum absolute atomic E-state index is 11.0. The minimum Gasteiger partial charge on any atom is -0.487 e. The number of rotatable bonds is 5. The molecule has 0 saturated carbocycles. The van der Waals surface area contributed by atoms with Crippen molar-refractivity contribution in [2.45, 2.75) is 13.5 Å². The Labute approximate surface area is 112 Å². The summed E-state index contributed by atoms with van der Waals surface area (Å²) in [5.74, 6) is -0.597. The normalized spacial score (nSPS) is 10.2. The van der Waals surface area contributed by atoms with Crippen molar-refractivity contribution in [3.8, 4) is 5.75 Å². The molecule has 0 saturated heterocycles. The molecule has 1 aromatic heterocycles. The van der Waals surface area contributed by atoms with Crippen LogP contribution in [0.25, 0.3) is 0 Å². The van der Waals surface area contributed by atoms with Crippen LogP contribution in [0.2, 0.25) is 0 Å². The van der Waals surface area contributed by atoms with Crippen LogP contribution in [-0.2, 0) is 6.61 Å². The van der Waals surface area contributed by atoms with Gasteiger partial charge in [0.1, 0.15) is 29.4 Å². The van der Waals surface area contributed by atoms with Crippen LogP contribution in [0.4, 0.5) is 5.69 Å². The van der Waals surface area contributed by atoms with Crippen LogP contribution < -0.4 is 4.74 Å². The van der Waals surface area contributed by atoms with Crippen molar-refractivity contribution in [2.24, 2.45) is 0 Å². The number of carboxylic acid groups (broad SMARTS) is 1. The number of nitro benzene ring substituents is 1. The van der Waals surface area contributed by atoms with Gasteiger partial charge in [-0.2, -0.15) is 0 Å². The number of nitro groups is 1. The minimum atomic E-state index is -1.39. The van der Waals surface area contributed by atoms with Gasteiger partial charge in [0.2, 0.25) is 0 Å². The van der Waals surface area contributed by atoms with E-state index in [-0.39, 0.29) is 12.4 Å². The first-order valence-corrected chi connectivity index (χ1v) is 5.52. The molecule has 0 bridgehead atoms. The third-order valence-electron chi connectivity index (χ3n) is 2.62. The summed E-state index contributed by atoms with van der Waals surface area (Å²) >= 11 is 0. The molecule has 0 atom stereocenters. The number of aryl methyl sites for hydroxylation is 1. The molecule has 1 N–H and O–H groups in total. The Hall–Kier alpha value is -2.90. The third-order valence-corrected chi connectivity index (χ3v) is 2.62. The summed E-state index contributed by atoms with van der Waals surface area (Å²) in [7, 11) is 0. The van der Waals surface area contributed by atoms with Gasteiger partial charge in [0.05, 0.1) is 4.92 Å². The molecular weight excluding hydrogens is 268 g/mol. The summed E-state index contributed by atoms with van der Waals surface area (Å²) in [6.07, 6.45) is 1.27. The lowest BCUT2D eigenvalue weighted by molar-refractivity contribution is -0.385. The number of hydrogen-bond acceptors (Lipinski definition) is 6. The summed E-state index contributed by atoms with van der Waals surface area (Å²) in [5, 5.41) is 19.7. The Kier molecular flexibility index (Phi) is 3.65.